The minimum Gasteiger partial charge on any atom is -0.493 e. The summed E-state index contributed by atoms with van der Waals surface area (Å²) >= 11 is 0. The molecule has 0 aliphatic rings. The first-order chi connectivity index (χ1) is 21.6. The molecule has 0 radical (unpaired) electrons. The molecule has 0 saturated carbocycles. The molecule has 2 aromatic heterocycles. The van der Waals surface area contributed by atoms with Gasteiger partial charge in [0.15, 0.2) is 23.1 Å². The lowest BCUT2D eigenvalue weighted by molar-refractivity contribution is 0.102. The Morgan fingerprint density at radius 3 is 2.38 bits per heavy atom. The molecule has 234 valence electrons. The number of aryl methyl sites for hydroxylation is 1. The van der Waals surface area contributed by atoms with Gasteiger partial charge in [-0.1, -0.05) is 19.9 Å². The number of nitrogens with zero attached hydrogens (tertiary/aromatic N) is 3. The summed E-state index contributed by atoms with van der Waals surface area (Å²) in [5.41, 5.74) is 0.565. The van der Waals surface area contributed by atoms with Crippen LogP contribution in [0.15, 0.2) is 76.9 Å². The Bertz CT molecular complexity index is 1800. The van der Waals surface area contributed by atoms with Crippen LogP contribution in [0.25, 0.3) is 16.9 Å². The van der Waals surface area contributed by atoms with Gasteiger partial charge in [-0.25, -0.2) is 13.8 Å². The third-order valence-electron chi connectivity index (χ3n) is 6.92. The van der Waals surface area contributed by atoms with Crippen molar-refractivity contribution in [1.82, 2.24) is 9.55 Å². The zero-order valence-corrected chi connectivity index (χ0v) is 25.7. The van der Waals surface area contributed by atoms with Gasteiger partial charge in [-0.15, -0.1) is 0 Å². The van der Waals surface area contributed by atoms with Crippen molar-refractivity contribution in [2.75, 3.05) is 19.5 Å². The number of aliphatic imine (C=N–C) groups is 1. The van der Waals surface area contributed by atoms with Crippen molar-refractivity contribution in [1.29, 1.82) is 0 Å². The largest absolute Gasteiger partial charge is 0.493 e. The summed E-state index contributed by atoms with van der Waals surface area (Å²) in [6.45, 7) is 10.0. The van der Waals surface area contributed by atoms with Crippen molar-refractivity contribution < 1.29 is 27.8 Å². The monoisotopic (exact) mass is 616 g/mol. The number of allylic oxidation sites excluding steroid dienone is 1. The molecule has 0 bridgehead atoms. The Hall–Kier alpha value is -5.32. The standard InChI is InChI=1S/C34H34F2N4O5/c1-7-29(23-15-30(43-5)31(44-6)16-28(23)37-4)45-22-9-11-32(38-17-22)39-34(42)25-19-40(13-12-20(2)3)18-24(33(25)41)21-8-10-26(35)27(36)14-21/h7-11,14-20H,4,12-13H2,1-3,5-6H3,(H,38,39,42)/b29-7+. The Kier molecular flexibility index (Phi) is 10.5. The maximum atomic E-state index is 14.0. The highest BCUT2D eigenvalue weighted by Gasteiger charge is 2.19. The average Bonchev–Trinajstić information content (AvgIpc) is 3.04. The number of aromatic nitrogens is 2. The van der Waals surface area contributed by atoms with Crippen LogP contribution < -0.4 is 25.0 Å². The minimum atomic E-state index is -1.09. The van der Waals surface area contributed by atoms with Crippen molar-refractivity contribution in [3.63, 3.8) is 0 Å². The van der Waals surface area contributed by atoms with Crippen LogP contribution in [0.5, 0.6) is 17.2 Å². The van der Waals surface area contributed by atoms with E-state index in [1.165, 1.54) is 38.7 Å². The second-order valence-electron chi connectivity index (χ2n) is 10.4. The number of hydrogen-bond donors (Lipinski definition) is 1. The molecule has 1 N–H and O–H groups in total. The van der Waals surface area contributed by atoms with E-state index in [4.69, 9.17) is 14.2 Å². The van der Waals surface area contributed by atoms with E-state index >= 15 is 0 Å². The van der Waals surface area contributed by atoms with Crippen LogP contribution in [0.4, 0.5) is 20.3 Å². The zero-order chi connectivity index (χ0) is 32.7. The number of methoxy groups -OCH3 is 2. The SMILES string of the molecule is C=Nc1cc(OC)c(OC)cc1/C(=C\C)Oc1ccc(NC(=O)c2cn(CCC(C)C)cc(-c3ccc(F)c(F)c3)c2=O)nc1. The molecule has 11 heteroatoms. The average molecular weight is 617 g/mol. The van der Waals surface area contributed by atoms with Crippen LogP contribution in [0, 0.1) is 17.6 Å². The molecule has 0 unspecified atom stereocenters. The zero-order valence-electron chi connectivity index (χ0n) is 25.7. The molecular weight excluding hydrogens is 582 g/mol. The predicted octanol–water partition coefficient (Wildman–Crippen LogP) is 7.28. The topological polar surface area (TPSA) is 104 Å². The lowest BCUT2D eigenvalue weighted by Crippen LogP contribution is -2.25. The number of carbonyl (C=O) groups is 1. The Labute approximate surface area is 259 Å². The molecule has 9 nitrogen and oxygen atoms in total. The Morgan fingerprint density at radius 2 is 1.78 bits per heavy atom. The highest BCUT2D eigenvalue weighted by Crippen LogP contribution is 2.38. The molecule has 1 amide bonds. The normalized spacial score (nSPS) is 11.3. The number of pyridine rings is 2. The first-order valence-corrected chi connectivity index (χ1v) is 14.1. The van der Waals surface area contributed by atoms with Gasteiger partial charge >= 0.3 is 0 Å². The molecule has 4 rings (SSSR count). The summed E-state index contributed by atoms with van der Waals surface area (Å²) in [6, 6.07) is 9.73. The number of benzene rings is 2. The second kappa shape index (κ2) is 14.4. The summed E-state index contributed by atoms with van der Waals surface area (Å²) in [5.74, 6) is -0.521. The van der Waals surface area contributed by atoms with Crippen LogP contribution in [0.2, 0.25) is 0 Å². The minimum absolute atomic E-state index is 0.0736. The first-order valence-electron chi connectivity index (χ1n) is 14.1. The van der Waals surface area contributed by atoms with Gasteiger partial charge in [0.1, 0.15) is 22.9 Å². The van der Waals surface area contributed by atoms with E-state index in [0.29, 0.717) is 46.7 Å². The molecule has 0 saturated heterocycles. The van der Waals surface area contributed by atoms with Gasteiger partial charge in [-0.3, -0.25) is 14.6 Å². The third-order valence-corrected chi connectivity index (χ3v) is 6.92. The lowest BCUT2D eigenvalue weighted by Gasteiger charge is -2.16. The number of halogens is 2. The molecule has 2 aromatic carbocycles. The molecule has 0 aliphatic heterocycles. The Balaban J connectivity index is 1.59. The maximum Gasteiger partial charge on any atom is 0.262 e. The van der Waals surface area contributed by atoms with Gasteiger partial charge in [0.2, 0.25) is 5.43 Å². The van der Waals surface area contributed by atoms with Crippen molar-refractivity contribution >= 4 is 29.9 Å². The summed E-state index contributed by atoms with van der Waals surface area (Å²) in [5, 5.41) is 2.64. The van der Waals surface area contributed by atoms with Crippen LogP contribution in [0.3, 0.4) is 0 Å². The summed E-state index contributed by atoms with van der Waals surface area (Å²) < 4.78 is 46.2. The number of amides is 1. The molecule has 0 fully saturated rings. The Morgan fingerprint density at radius 1 is 1.04 bits per heavy atom. The van der Waals surface area contributed by atoms with Gasteiger partial charge in [-0.05, 0) is 68.0 Å². The number of ether oxygens (including phenoxy) is 3. The van der Waals surface area contributed by atoms with Crippen LogP contribution in [0.1, 0.15) is 43.1 Å². The van der Waals surface area contributed by atoms with E-state index in [1.807, 2.05) is 13.8 Å². The number of nitrogens with one attached hydrogen (secondary N) is 1. The van der Waals surface area contributed by atoms with E-state index in [0.717, 1.165) is 18.6 Å². The summed E-state index contributed by atoms with van der Waals surface area (Å²) in [4.78, 5) is 35.1. The maximum absolute atomic E-state index is 14.0. The van der Waals surface area contributed by atoms with E-state index in [9.17, 15) is 18.4 Å². The molecule has 2 heterocycles. The van der Waals surface area contributed by atoms with Crippen molar-refractivity contribution in [3.8, 4) is 28.4 Å². The van der Waals surface area contributed by atoms with Gasteiger partial charge in [0, 0.05) is 36.1 Å². The third kappa shape index (κ3) is 7.61. The van der Waals surface area contributed by atoms with Crippen LogP contribution in [-0.2, 0) is 6.54 Å². The highest BCUT2D eigenvalue weighted by atomic mass is 19.2. The fourth-order valence-corrected chi connectivity index (χ4v) is 4.49. The quantitative estimate of drug-likeness (QED) is 0.133. The van der Waals surface area contributed by atoms with E-state index in [1.54, 1.807) is 42.0 Å². The van der Waals surface area contributed by atoms with E-state index in [2.05, 4.69) is 22.0 Å². The summed E-state index contributed by atoms with van der Waals surface area (Å²) in [6.07, 6.45) is 6.93. The van der Waals surface area contributed by atoms with Crippen molar-refractivity contribution in [3.05, 3.63) is 100 Å². The van der Waals surface area contributed by atoms with Crippen LogP contribution >= 0.6 is 0 Å². The smallest absolute Gasteiger partial charge is 0.262 e. The van der Waals surface area contributed by atoms with Gasteiger partial charge < -0.3 is 24.1 Å². The van der Waals surface area contributed by atoms with Gasteiger partial charge in [0.25, 0.3) is 5.91 Å². The first kappa shape index (κ1) is 32.6. The highest BCUT2D eigenvalue weighted by molar-refractivity contribution is 6.04. The number of anilines is 1. The van der Waals surface area contributed by atoms with Gasteiger partial charge in [0.05, 0.1) is 26.1 Å². The predicted molar refractivity (Wildman–Crippen MR) is 171 cm³/mol. The second-order valence-corrected chi connectivity index (χ2v) is 10.4. The van der Waals surface area contributed by atoms with E-state index < -0.39 is 23.0 Å². The lowest BCUT2D eigenvalue weighted by atomic mass is 10.0. The van der Waals surface area contributed by atoms with Gasteiger partial charge in [-0.2, -0.15) is 0 Å². The summed E-state index contributed by atoms with van der Waals surface area (Å²) in [7, 11) is 3.05. The molecule has 0 aliphatic carbocycles. The molecule has 0 spiro atoms. The number of hydrogen-bond acceptors (Lipinski definition) is 7. The number of carbonyl (C=O) groups excluding carboxylic acids is 1. The van der Waals surface area contributed by atoms with Crippen LogP contribution in [-0.4, -0.2) is 36.4 Å². The van der Waals surface area contributed by atoms with Crippen molar-refractivity contribution in [2.24, 2.45) is 10.9 Å². The molecular formula is C34H34F2N4O5. The fourth-order valence-electron chi connectivity index (χ4n) is 4.49. The van der Waals surface area contributed by atoms with E-state index in [-0.39, 0.29) is 22.5 Å². The number of rotatable bonds is 12. The molecule has 0 atom stereocenters. The fraction of sp³-hybridized carbons (Fsp3) is 0.235. The molecule has 45 heavy (non-hydrogen) atoms. The molecule has 4 aromatic rings. The van der Waals surface area contributed by atoms with Crippen molar-refractivity contribution in [2.45, 2.75) is 33.7 Å².